The molecule has 1 aromatic heterocycles. The number of ketones is 1. The number of hydrogen-bond acceptors (Lipinski definition) is 1. The number of H-pyrrole nitrogens is 1. The zero-order valence-corrected chi connectivity index (χ0v) is 9.50. The molecule has 2 nitrogen and oxygen atoms in total. The molecule has 0 spiro atoms. The van der Waals surface area contributed by atoms with Crippen molar-refractivity contribution in [2.24, 2.45) is 0 Å². The van der Waals surface area contributed by atoms with Crippen LogP contribution in [0.15, 0.2) is 24.4 Å². The molecule has 1 N–H and O–H groups in total. The van der Waals surface area contributed by atoms with Crippen molar-refractivity contribution in [1.82, 2.24) is 4.98 Å². The van der Waals surface area contributed by atoms with E-state index in [-0.39, 0.29) is 5.82 Å². The first-order valence-electron chi connectivity index (χ1n) is 6.02. The number of benzene rings is 1. The summed E-state index contributed by atoms with van der Waals surface area (Å²) < 4.78 is 13.1. The maximum atomic E-state index is 13.1. The Morgan fingerprint density at radius 2 is 2.00 bits per heavy atom. The number of hydrogen-bond donors (Lipinski definition) is 1. The highest BCUT2D eigenvalue weighted by Crippen LogP contribution is 2.35. The molecule has 1 aromatic carbocycles. The van der Waals surface area contributed by atoms with E-state index in [1.54, 1.807) is 0 Å². The van der Waals surface area contributed by atoms with Crippen LogP contribution < -0.4 is 0 Å². The van der Waals surface area contributed by atoms with Gasteiger partial charge in [-0.15, -0.1) is 0 Å². The van der Waals surface area contributed by atoms with Gasteiger partial charge >= 0.3 is 0 Å². The first-order chi connectivity index (χ1) is 8.24. The predicted molar refractivity (Wildman–Crippen MR) is 64.5 cm³/mol. The Kier molecular flexibility index (Phi) is 2.46. The molecule has 1 aliphatic rings. The van der Waals surface area contributed by atoms with Gasteiger partial charge in [0.1, 0.15) is 11.6 Å². The number of aromatic nitrogens is 1. The van der Waals surface area contributed by atoms with Crippen LogP contribution in [0, 0.1) is 5.82 Å². The average molecular weight is 231 g/mol. The minimum atomic E-state index is -0.218. The Labute approximate surface area is 98.8 Å². The molecular formula is C14H14FNO. The number of nitrogens with one attached hydrogen (secondary N) is 1. The van der Waals surface area contributed by atoms with E-state index < -0.39 is 0 Å². The van der Waals surface area contributed by atoms with E-state index in [1.807, 2.05) is 12.3 Å². The minimum absolute atomic E-state index is 0.218. The van der Waals surface area contributed by atoms with Crippen LogP contribution in [-0.4, -0.2) is 10.8 Å². The molecule has 0 saturated heterocycles. The first-order valence-corrected chi connectivity index (χ1v) is 6.02. The Morgan fingerprint density at radius 1 is 1.24 bits per heavy atom. The number of rotatable bonds is 1. The molecule has 1 fully saturated rings. The zero-order chi connectivity index (χ0) is 11.8. The van der Waals surface area contributed by atoms with Crippen molar-refractivity contribution in [3.05, 3.63) is 35.8 Å². The van der Waals surface area contributed by atoms with E-state index in [2.05, 4.69) is 4.98 Å². The fourth-order valence-electron chi connectivity index (χ4n) is 2.71. The normalized spacial score (nSPS) is 17.8. The molecule has 1 aliphatic carbocycles. The second-order valence-electron chi connectivity index (χ2n) is 4.75. The van der Waals surface area contributed by atoms with Crippen LogP contribution >= 0.6 is 0 Å². The first kappa shape index (κ1) is 10.5. The van der Waals surface area contributed by atoms with E-state index in [1.165, 1.54) is 17.7 Å². The number of carbonyl (C=O) groups excluding carboxylic acids is 1. The van der Waals surface area contributed by atoms with Crippen molar-refractivity contribution >= 4 is 16.7 Å². The van der Waals surface area contributed by atoms with Crippen molar-refractivity contribution in [3.8, 4) is 0 Å². The van der Waals surface area contributed by atoms with Crippen molar-refractivity contribution in [2.75, 3.05) is 0 Å². The molecule has 17 heavy (non-hydrogen) atoms. The van der Waals surface area contributed by atoms with E-state index >= 15 is 0 Å². The van der Waals surface area contributed by atoms with Gasteiger partial charge in [-0.3, -0.25) is 4.79 Å². The van der Waals surface area contributed by atoms with Gasteiger partial charge in [0.2, 0.25) is 0 Å². The molecular weight excluding hydrogens is 217 g/mol. The van der Waals surface area contributed by atoms with Gasteiger partial charge in [0.15, 0.2) is 0 Å². The van der Waals surface area contributed by atoms with Crippen molar-refractivity contribution in [3.63, 3.8) is 0 Å². The summed E-state index contributed by atoms with van der Waals surface area (Å²) >= 11 is 0. The number of carbonyl (C=O) groups is 1. The molecule has 0 unspecified atom stereocenters. The van der Waals surface area contributed by atoms with Crippen LogP contribution in [0.5, 0.6) is 0 Å². The van der Waals surface area contributed by atoms with Gasteiger partial charge in [-0.2, -0.15) is 0 Å². The zero-order valence-electron chi connectivity index (χ0n) is 9.50. The lowest BCUT2D eigenvalue weighted by atomic mass is 9.83. The van der Waals surface area contributed by atoms with Crippen LogP contribution in [0.1, 0.15) is 37.2 Å². The fraction of sp³-hybridized carbons (Fsp3) is 0.357. The Hall–Kier alpha value is -1.64. The number of halogens is 1. The van der Waals surface area contributed by atoms with Crippen LogP contribution in [0.4, 0.5) is 4.39 Å². The number of fused-ring (bicyclic) bond motifs is 1. The van der Waals surface area contributed by atoms with Gasteiger partial charge in [-0.25, -0.2) is 4.39 Å². The molecule has 1 saturated carbocycles. The maximum absolute atomic E-state index is 13.1. The second-order valence-corrected chi connectivity index (χ2v) is 4.75. The highest BCUT2D eigenvalue weighted by atomic mass is 19.1. The molecule has 1 heterocycles. The molecule has 2 aromatic rings. The van der Waals surface area contributed by atoms with Crippen molar-refractivity contribution in [1.29, 1.82) is 0 Å². The summed E-state index contributed by atoms with van der Waals surface area (Å²) in [5.74, 6) is 0.587. The molecule has 0 aliphatic heterocycles. The lowest BCUT2D eigenvalue weighted by Crippen LogP contribution is -2.11. The van der Waals surface area contributed by atoms with E-state index in [9.17, 15) is 9.18 Å². The molecule has 3 rings (SSSR count). The predicted octanol–water partition coefficient (Wildman–Crippen LogP) is 3.53. The molecule has 0 amide bonds. The highest BCUT2D eigenvalue weighted by Gasteiger charge is 2.22. The van der Waals surface area contributed by atoms with Gasteiger partial charge in [-0.1, -0.05) is 0 Å². The Bertz CT molecular complexity index is 563. The number of Topliss-reactive ketones (excluding diaryl/α,β-unsaturated/α-hetero) is 1. The largest absolute Gasteiger partial charge is 0.361 e. The molecule has 0 radical (unpaired) electrons. The number of aromatic amines is 1. The lowest BCUT2D eigenvalue weighted by molar-refractivity contribution is -0.120. The van der Waals surface area contributed by atoms with Crippen molar-refractivity contribution in [2.45, 2.75) is 31.6 Å². The van der Waals surface area contributed by atoms with Gasteiger partial charge in [0.25, 0.3) is 0 Å². The third kappa shape index (κ3) is 1.86. The van der Waals surface area contributed by atoms with Gasteiger partial charge < -0.3 is 4.98 Å². The Morgan fingerprint density at radius 3 is 2.76 bits per heavy atom. The molecule has 3 heteroatoms. The lowest BCUT2D eigenvalue weighted by Gasteiger charge is -2.20. The van der Waals surface area contributed by atoms with Crippen LogP contribution in [0.3, 0.4) is 0 Å². The summed E-state index contributed by atoms with van der Waals surface area (Å²) in [7, 11) is 0. The molecule has 88 valence electrons. The van der Waals surface area contributed by atoms with Crippen molar-refractivity contribution < 1.29 is 9.18 Å². The summed E-state index contributed by atoms with van der Waals surface area (Å²) in [5.41, 5.74) is 2.07. The summed E-state index contributed by atoms with van der Waals surface area (Å²) in [5, 5.41) is 1.09. The Balaban J connectivity index is 1.97. The van der Waals surface area contributed by atoms with Crippen LogP contribution in [0.2, 0.25) is 0 Å². The fourth-order valence-corrected chi connectivity index (χ4v) is 2.71. The molecule has 0 bridgehead atoms. The third-order valence-electron chi connectivity index (χ3n) is 3.66. The summed E-state index contributed by atoms with van der Waals surface area (Å²) in [6, 6.07) is 4.84. The maximum Gasteiger partial charge on any atom is 0.132 e. The second kappa shape index (κ2) is 3.99. The minimum Gasteiger partial charge on any atom is -0.361 e. The van der Waals surface area contributed by atoms with Gasteiger partial charge in [-0.05, 0) is 42.5 Å². The highest BCUT2D eigenvalue weighted by molar-refractivity contribution is 5.84. The average Bonchev–Trinajstić information content (AvgIpc) is 2.73. The third-order valence-corrected chi connectivity index (χ3v) is 3.66. The van der Waals surface area contributed by atoms with E-state index in [0.29, 0.717) is 24.5 Å². The summed E-state index contributed by atoms with van der Waals surface area (Å²) in [6.07, 6.45) is 5.16. The molecule has 0 atom stereocenters. The van der Waals surface area contributed by atoms with E-state index in [4.69, 9.17) is 0 Å². The summed E-state index contributed by atoms with van der Waals surface area (Å²) in [6.45, 7) is 0. The van der Waals surface area contributed by atoms with Crippen LogP contribution in [0.25, 0.3) is 10.9 Å². The van der Waals surface area contributed by atoms with E-state index in [0.717, 1.165) is 23.7 Å². The van der Waals surface area contributed by atoms with Gasteiger partial charge in [0, 0.05) is 29.9 Å². The SMILES string of the molecule is O=C1CCC(c2c[nH]c3cc(F)ccc23)CC1. The quantitative estimate of drug-likeness (QED) is 0.800. The standard InChI is InChI=1S/C14H14FNO/c15-10-3-6-12-13(8-16-14(12)7-10)9-1-4-11(17)5-2-9/h3,6-9,16H,1-2,4-5H2. The van der Waals surface area contributed by atoms with Gasteiger partial charge in [0.05, 0.1) is 0 Å². The topological polar surface area (TPSA) is 32.9 Å². The smallest absolute Gasteiger partial charge is 0.132 e. The van der Waals surface area contributed by atoms with Crippen LogP contribution in [-0.2, 0) is 4.79 Å². The monoisotopic (exact) mass is 231 g/mol. The summed E-state index contributed by atoms with van der Waals surface area (Å²) in [4.78, 5) is 14.3.